The molecule has 0 aromatic heterocycles. The fraction of sp³-hybridized carbons (Fsp3) is 0.609. The van der Waals surface area contributed by atoms with Crippen molar-refractivity contribution in [2.75, 3.05) is 20.3 Å². The summed E-state index contributed by atoms with van der Waals surface area (Å²) < 4.78 is 21.3. The molecule has 0 bridgehead atoms. The van der Waals surface area contributed by atoms with Gasteiger partial charge in [-0.3, -0.25) is 4.79 Å². The van der Waals surface area contributed by atoms with Crippen molar-refractivity contribution in [3.63, 3.8) is 0 Å². The number of hydrogen-bond acceptors (Lipinski definition) is 7. The molecule has 0 saturated heterocycles. The Labute approximate surface area is 190 Å². The molecule has 0 saturated carbocycles. The summed E-state index contributed by atoms with van der Waals surface area (Å²) in [5.74, 6) is -1.29. The third-order valence-electron chi connectivity index (χ3n) is 3.99. The second kappa shape index (κ2) is 12.4. The fourth-order valence-corrected chi connectivity index (χ4v) is 2.34. The van der Waals surface area contributed by atoms with Crippen LogP contribution < -0.4 is 10.6 Å². The Bertz CT molecular complexity index is 739. The van der Waals surface area contributed by atoms with Crippen LogP contribution in [0, 0.1) is 0 Å². The zero-order chi connectivity index (χ0) is 24.4. The number of esters is 1. The van der Waals surface area contributed by atoms with Gasteiger partial charge in [-0.05, 0) is 47.1 Å². The van der Waals surface area contributed by atoms with Gasteiger partial charge in [0, 0.05) is 0 Å². The molecule has 0 heterocycles. The molecule has 2 amide bonds. The summed E-state index contributed by atoms with van der Waals surface area (Å²) >= 11 is 0. The van der Waals surface area contributed by atoms with Gasteiger partial charge in [0.05, 0.1) is 31.5 Å². The maximum absolute atomic E-state index is 12.9. The molecule has 1 aromatic carbocycles. The number of ether oxygens (including phenoxy) is 4. The Kier molecular flexibility index (Phi) is 10.6. The summed E-state index contributed by atoms with van der Waals surface area (Å²) in [5, 5.41) is 5.07. The molecule has 32 heavy (non-hydrogen) atoms. The van der Waals surface area contributed by atoms with Crippen LogP contribution in [0.2, 0.25) is 0 Å². The maximum Gasteiger partial charge on any atom is 0.408 e. The van der Waals surface area contributed by atoms with Crippen LogP contribution in [0.1, 0.15) is 47.1 Å². The lowest BCUT2D eigenvalue weighted by Crippen LogP contribution is -2.55. The minimum atomic E-state index is -1.10. The van der Waals surface area contributed by atoms with Crippen molar-refractivity contribution >= 4 is 18.0 Å². The van der Waals surface area contributed by atoms with Crippen LogP contribution in [0.5, 0.6) is 0 Å². The largest absolute Gasteiger partial charge is 0.467 e. The van der Waals surface area contributed by atoms with E-state index in [1.165, 1.54) is 7.11 Å². The molecule has 0 radical (unpaired) electrons. The molecule has 0 aliphatic rings. The molecule has 0 aliphatic carbocycles. The number of hydrogen-bond donors (Lipinski definition) is 2. The van der Waals surface area contributed by atoms with Crippen molar-refractivity contribution in [2.45, 2.75) is 71.4 Å². The molecule has 180 valence electrons. The normalized spacial score (nSPS) is 13.6. The lowest BCUT2D eigenvalue weighted by Gasteiger charge is -2.27. The fourth-order valence-electron chi connectivity index (χ4n) is 2.34. The van der Waals surface area contributed by atoms with Crippen molar-refractivity contribution in [3.8, 4) is 0 Å². The number of carbonyl (C=O) groups excluding carboxylic acids is 3. The van der Waals surface area contributed by atoms with Gasteiger partial charge in [-0.2, -0.15) is 0 Å². The summed E-state index contributed by atoms with van der Waals surface area (Å²) in [5.41, 5.74) is -0.268. The summed E-state index contributed by atoms with van der Waals surface area (Å²) in [6.45, 7) is 10.8. The van der Waals surface area contributed by atoms with E-state index >= 15 is 0 Å². The second-order valence-electron chi connectivity index (χ2n) is 9.19. The third kappa shape index (κ3) is 11.7. The first-order valence-corrected chi connectivity index (χ1v) is 10.4. The van der Waals surface area contributed by atoms with Gasteiger partial charge in [-0.15, -0.1) is 0 Å². The van der Waals surface area contributed by atoms with Gasteiger partial charge in [0.25, 0.3) is 0 Å². The lowest BCUT2D eigenvalue weighted by molar-refractivity contribution is -0.149. The summed E-state index contributed by atoms with van der Waals surface area (Å²) in [7, 11) is 1.22. The Morgan fingerprint density at radius 3 is 1.88 bits per heavy atom. The highest BCUT2D eigenvalue weighted by Crippen LogP contribution is 2.10. The van der Waals surface area contributed by atoms with Crippen molar-refractivity contribution in [2.24, 2.45) is 0 Å². The summed E-state index contributed by atoms with van der Waals surface area (Å²) in [6.07, 6.45) is -0.785. The van der Waals surface area contributed by atoms with Gasteiger partial charge in [0.2, 0.25) is 5.91 Å². The second-order valence-corrected chi connectivity index (χ2v) is 9.19. The van der Waals surface area contributed by atoms with Crippen molar-refractivity contribution in [1.29, 1.82) is 0 Å². The Hall–Kier alpha value is -2.65. The van der Waals surface area contributed by atoms with E-state index in [-0.39, 0.29) is 19.8 Å². The average Bonchev–Trinajstić information content (AvgIpc) is 2.71. The van der Waals surface area contributed by atoms with E-state index in [1.54, 1.807) is 0 Å². The Morgan fingerprint density at radius 2 is 1.38 bits per heavy atom. The average molecular weight is 453 g/mol. The molecule has 2 atom stereocenters. The van der Waals surface area contributed by atoms with Crippen LogP contribution in [0.15, 0.2) is 30.3 Å². The number of amides is 2. The van der Waals surface area contributed by atoms with Crippen LogP contribution in [-0.4, -0.2) is 61.6 Å². The smallest absolute Gasteiger partial charge is 0.408 e. The number of rotatable bonds is 10. The van der Waals surface area contributed by atoms with E-state index in [0.717, 1.165) is 5.56 Å². The molecule has 0 spiro atoms. The van der Waals surface area contributed by atoms with Gasteiger partial charge in [0.1, 0.15) is 12.6 Å². The molecule has 9 nitrogen and oxygen atoms in total. The number of alkyl carbamates (subject to hydrolysis) is 1. The summed E-state index contributed by atoms with van der Waals surface area (Å²) in [4.78, 5) is 37.3. The first-order chi connectivity index (χ1) is 14.8. The summed E-state index contributed by atoms with van der Waals surface area (Å²) in [6, 6.07) is 7.00. The molecule has 0 aliphatic heterocycles. The van der Waals surface area contributed by atoms with Crippen LogP contribution in [-0.2, 0) is 35.1 Å². The van der Waals surface area contributed by atoms with Crippen molar-refractivity contribution < 1.29 is 33.3 Å². The molecule has 0 unspecified atom stereocenters. The zero-order valence-electron chi connectivity index (χ0n) is 20.0. The molecule has 2 N–H and O–H groups in total. The van der Waals surface area contributed by atoms with Gasteiger partial charge >= 0.3 is 12.1 Å². The molecular weight excluding hydrogens is 416 g/mol. The number of nitrogens with one attached hydrogen (secondary N) is 2. The maximum atomic E-state index is 12.9. The minimum absolute atomic E-state index is 0.0470. The van der Waals surface area contributed by atoms with Crippen LogP contribution >= 0.6 is 0 Å². The predicted octanol–water partition coefficient (Wildman–Crippen LogP) is 2.57. The van der Waals surface area contributed by atoms with Gasteiger partial charge in [0.15, 0.2) is 6.04 Å². The third-order valence-corrected chi connectivity index (χ3v) is 3.99. The SMILES string of the molecule is COC(=O)[C@H](COC(C)(C)C)NC(=O)[C@H](COC(C)(C)C)NC(=O)OCc1ccccc1. The molecule has 1 rings (SSSR count). The van der Waals surface area contributed by atoms with E-state index in [0.29, 0.717) is 0 Å². The molecule has 9 heteroatoms. The Morgan fingerprint density at radius 1 is 0.844 bits per heavy atom. The van der Waals surface area contributed by atoms with E-state index in [4.69, 9.17) is 18.9 Å². The topological polar surface area (TPSA) is 112 Å². The monoisotopic (exact) mass is 452 g/mol. The van der Waals surface area contributed by atoms with Gasteiger partial charge < -0.3 is 29.6 Å². The highest BCUT2D eigenvalue weighted by Gasteiger charge is 2.30. The van der Waals surface area contributed by atoms with Gasteiger partial charge in [-0.1, -0.05) is 30.3 Å². The first kappa shape index (κ1) is 27.4. The zero-order valence-corrected chi connectivity index (χ0v) is 20.0. The number of methoxy groups -OCH3 is 1. The van der Waals surface area contributed by atoms with E-state index in [1.807, 2.05) is 71.9 Å². The Balaban J connectivity index is 2.83. The lowest BCUT2D eigenvalue weighted by atomic mass is 10.1. The van der Waals surface area contributed by atoms with E-state index in [9.17, 15) is 14.4 Å². The number of benzene rings is 1. The highest BCUT2D eigenvalue weighted by atomic mass is 16.6. The van der Waals surface area contributed by atoms with Crippen LogP contribution in [0.4, 0.5) is 4.79 Å². The van der Waals surface area contributed by atoms with E-state index in [2.05, 4.69) is 10.6 Å². The predicted molar refractivity (Wildman–Crippen MR) is 119 cm³/mol. The quantitative estimate of drug-likeness (QED) is 0.525. The van der Waals surface area contributed by atoms with Crippen LogP contribution in [0.3, 0.4) is 0 Å². The first-order valence-electron chi connectivity index (χ1n) is 10.4. The molecular formula is C23H36N2O7. The standard InChI is InChI=1S/C23H36N2O7/c1-22(2,3)31-14-17(25-21(28)30-13-16-11-9-8-10-12-16)19(26)24-18(20(27)29-7)15-32-23(4,5)6/h8-12,17-18H,13-15H2,1-7H3,(H,24,26)(H,25,28)/t17-,18-/m0/s1. The highest BCUT2D eigenvalue weighted by molar-refractivity contribution is 5.89. The van der Waals surface area contributed by atoms with Gasteiger partial charge in [-0.25, -0.2) is 9.59 Å². The number of carbonyl (C=O) groups is 3. The van der Waals surface area contributed by atoms with Crippen molar-refractivity contribution in [1.82, 2.24) is 10.6 Å². The van der Waals surface area contributed by atoms with Crippen LogP contribution in [0.25, 0.3) is 0 Å². The van der Waals surface area contributed by atoms with E-state index < -0.39 is 41.3 Å². The molecule has 0 fully saturated rings. The minimum Gasteiger partial charge on any atom is -0.467 e. The van der Waals surface area contributed by atoms with Crippen molar-refractivity contribution in [3.05, 3.63) is 35.9 Å². The molecule has 1 aromatic rings.